The fourth-order valence-corrected chi connectivity index (χ4v) is 4.33. The zero-order chi connectivity index (χ0) is 23.4. The van der Waals surface area contributed by atoms with Gasteiger partial charge in [0.15, 0.2) is 5.82 Å². The molecule has 33 heavy (non-hydrogen) atoms. The van der Waals surface area contributed by atoms with Gasteiger partial charge in [-0.2, -0.15) is 0 Å². The van der Waals surface area contributed by atoms with Crippen LogP contribution in [0.3, 0.4) is 0 Å². The molecule has 1 unspecified atom stereocenters. The van der Waals surface area contributed by atoms with Crippen molar-refractivity contribution in [3.05, 3.63) is 71.8 Å². The van der Waals surface area contributed by atoms with Crippen molar-refractivity contribution in [2.45, 2.75) is 38.9 Å². The van der Waals surface area contributed by atoms with Crippen molar-refractivity contribution in [3.8, 4) is 11.3 Å². The van der Waals surface area contributed by atoms with Crippen molar-refractivity contribution in [3.63, 3.8) is 0 Å². The molecule has 3 heterocycles. The van der Waals surface area contributed by atoms with Crippen molar-refractivity contribution in [1.29, 1.82) is 0 Å². The lowest BCUT2D eigenvalue weighted by Crippen LogP contribution is -2.30. The highest BCUT2D eigenvalue weighted by Gasteiger charge is 2.30. The fourth-order valence-electron chi connectivity index (χ4n) is 4.33. The van der Waals surface area contributed by atoms with E-state index in [1.165, 1.54) is 5.56 Å². The summed E-state index contributed by atoms with van der Waals surface area (Å²) in [5, 5.41) is 0. The van der Waals surface area contributed by atoms with Crippen molar-refractivity contribution in [1.82, 2.24) is 24.8 Å². The van der Waals surface area contributed by atoms with E-state index in [-0.39, 0.29) is 11.9 Å². The number of pyridine rings is 1. The second-order valence-electron chi connectivity index (χ2n) is 8.92. The van der Waals surface area contributed by atoms with Crippen LogP contribution in [-0.4, -0.2) is 58.3 Å². The zero-order valence-electron chi connectivity index (χ0n) is 19.9. The predicted molar refractivity (Wildman–Crippen MR) is 131 cm³/mol. The van der Waals surface area contributed by atoms with E-state index in [0.717, 1.165) is 54.5 Å². The summed E-state index contributed by atoms with van der Waals surface area (Å²) in [6.45, 7) is 3.91. The van der Waals surface area contributed by atoms with E-state index in [2.05, 4.69) is 41.2 Å². The predicted octanol–water partition coefficient (Wildman–Crippen LogP) is 3.92. The van der Waals surface area contributed by atoms with Gasteiger partial charge in [0.2, 0.25) is 5.91 Å². The molecule has 1 atom stereocenters. The number of hydrogen-bond donors (Lipinski definition) is 0. The largest absolute Gasteiger partial charge is 0.363 e. The third kappa shape index (κ3) is 5.54. The Kier molecular flexibility index (Phi) is 6.99. The smallest absolute Gasteiger partial charge is 0.220 e. The van der Waals surface area contributed by atoms with Crippen LogP contribution in [-0.2, 0) is 17.9 Å². The van der Waals surface area contributed by atoms with Gasteiger partial charge in [0.25, 0.3) is 0 Å². The van der Waals surface area contributed by atoms with Crippen molar-refractivity contribution in [2.24, 2.45) is 0 Å². The summed E-state index contributed by atoms with van der Waals surface area (Å²) in [4.78, 5) is 32.3. The molecule has 3 aromatic rings. The molecule has 1 aliphatic heterocycles. The normalized spacial score (nSPS) is 15.8. The Hall–Kier alpha value is -3.32. The average Bonchev–Trinajstić information content (AvgIpc) is 3.30. The van der Waals surface area contributed by atoms with E-state index in [4.69, 9.17) is 9.97 Å². The number of amides is 1. The Labute approximate surface area is 196 Å². The first-order chi connectivity index (χ1) is 15.9. The molecule has 1 aromatic carbocycles. The third-order valence-electron chi connectivity index (χ3n) is 6.00. The van der Waals surface area contributed by atoms with Crippen molar-refractivity contribution < 1.29 is 4.79 Å². The minimum Gasteiger partial charge on any atom is -0.363 e. The van der Waals surface area contributed by atoms with Gasteiger partial charge in [-0.1, -0.05) is 30.3 Å². The molecule has 1 aliphatic rings. The number of anilines is 1. The van der Waals surface area contributed by atoms with Gasteiger partial charge in [0, 0.05) is 58.5 Å². The highest BCUT2D eigenvalue weighted by atomic mass is 16.2. The van der Waals surface area contributed by atoms with E-state index >= 15 is 0 Å². The van der Waals surface area contributed by atoms with Gasteiger partial charge in [-0.25, -0.2) is 9.97 Å². The molecule has 1 fully saturated rings. The molecular weight excluding hydrogens is 412 g/mol. The van der Waals surface area contributed by atoms with Crippen LogP contribution in [0.15, 0.2) is 54.7 Å². The number of aromatic nitrogens is 3. The van der Waals surface area contributed by atoms with E-state index in [1.807, 2.05) is 54.4 Å². The van der Waals surface area contributed by atoms with Crippen LogP contribution in [0.5, 0.6) is 0 Å². The average molecular weight is 445 g/mol. The lowest BCUT2D eigenvalue weighted by Gasteiger charge is -2.24. The lowest BCUT2D eigenvalue weighted by molar-refractivity contribution is -0.129. The van der Waals surface area contributed by atoms with Crippen LogP contribution in [0.25, 0.3) is 11.3 Å². The Balaban J connectivity index is 1.48. The molecule has 7 nitrogen and oxygen atoms in total. The molecule has 0 aliphatic carbocycles. The second-order valence-corrected chi connectivity index (χ2v) is 8.92. The van der Waals surface area contributed by atoms with E-state index in [9.17, 15) is 4.79 Å². The quantitative estimate of drug-likeness (QED) is 0.550. The van der Waals surface area contributed by atoms with Crippen LogP contribution in [0, 0.1) is 0 Å². The minimum atomic E-state index is -0.0365. The molecule has 1 saturated heterocycles. The lowest BCUT2D eigenvalue weighted by atomic mass is 10.1. The van der Waals surface area contributed by atoms with Crippen LogP contribution in [0.4, 0.5) is 5.82 Å². The van der Waals surface area contributed by atoms with Gasteiger partial charge < -0.3 is 9.80 Å². The van der Waals surface area contributed by atoms with Crippen LogP contribution in [0.1, 0.15) is 42.9 Å². The second kappa shape index (κ2) is 10.1. The number of carbonyl (C=O) groups is 1. The van der Waals surface area contributed by atoms with Gasteiger partial charge in [-0.15, -0.1) is 0 Å². The summed E-state index contributed by atoms with van der Waals surface area (Å²) in [6.07, 6.45) is 3.72. The first kappa shape index (κ1) is 22.9. The van der Waals surface area contributed by atoms with E-state index in [0.29, 0.717) is 6.54 Å². The van der Waals surface area contributed by atoms with Crippen molar-refractivity contribution in [2.75, 3.05) is 32.6 Å². The SMILES string of the molecule is CC(=O)N1CCCC1c1nc(CN(C)Cc2ccc(-c3ccccn3)cc2)cc(N(C)C)n1. The molecule has 0 radical (unpaired) electrons. The van der Waals surface area contributed by atoms with Gasteiger partial charge in [-0.3, -0.25) is 14.7 Å². The molecule has 7 heteroatoms. The highest BCUT2D eigenvalue weighted by Crippen LogP contribution is 2.31. The number of likely N-dealkylation sites (tertiary alicyclic amines) is 1. The summed E-state index contributed by atoms with van der Waals surface area (Å²) < 4.78 is 0. The number of nitrogens with zero attached hydrogens (tertiary/aromatic N) is 6. The molecular formula is C26H32N6O. The number of benzene rings is 1. The Bertz CT molecular complexity index is 1080. The summed E-state index contributed by atoms with van der Waals surface area (Å²) >= 11 is 0. The van der Waals surface area contributed by atoms with Gasteiger partial charge in [0.1, 0.15) is 5.82 Å². The Morgan fingerprint density at radius 3 is 2.52 bits per heavy atom. The van der Waals surface area contributed by atoms with Crippen LogP contribution < -0.4 is 4.90 Å². The summed E-state index contributed by atoms with van der Waals surface area (Å²) in [6, 6.07) is 16.5. The topological polar surface area (TPSA) is 65.5 Å². The third-order valence-corrected chi connectivity index (χ3v) is 6.00. The molecule has 1 amide bonds. The molecule has 0 N–H and O–H groups in total. The standard InChI is InChI=1S/C26H32N6O/c1-19(33)32-15-7-9-24(32)26-28-22(16-25(29-26)30(2)3)18-31(4)17-20-10-12-21(13-11-20)23-8-5-6-14-27-23/h5-6,8,10-14,16,24H,7,9,15,17-18H2,1-4H3. The summed E-state index contributed by atoms with van der Waals surface area (Å²) in [7, 11) is 6.07. The fraction of sp³-hybridized carbons (Fsp3) is 0.385. The van der Waals surface area contributed by atoms with Crippen LogP contribution in [0.2, 0.25) is 0 Å². The minimum absolute atomic E-state index is 0.0365. The van der Waals surface area contributed by atoms with E-state index in [1.54, 1.807) is 6.92 Å². The van der Waals surface area contributed by atoms with Crippen LogP contribution >= 0.6 is 0 Å². The summed E-state index contributed by atoms with van der Waals surface area (Å²) in [5.41, 5.74) is 4.29. The molecule has 0 spiro atoms. The van der Waals surface area contributed by atoms with Gasteiger partial charge in [0.05, 0.1) is 17.4 Å². The molecule has 172 valence electrons. The molecule has 4 rings (SSSR count). The van der Waals surface area contributed by atoms with Gasteiger partial charge in [-0.05, 0) is 37.6 Å². The molecule has 0 saturated carbocycles. The molecule has 2 aromatic heterocycles. The maximum absolute atomic E-state index is 12.1. The number of hydrogen-bond acceptors (Lipinski definition) is 6. The first-order valence-electron chi connectivity index (χ1n) is 11.4. The maximum Gasteiger partial charge on any atom is 0.220 e. The van der Waals surface area contributed by atoms with E-state index < -0.39 is 0 Å². The number of rotatable bonds is 7. The first-order valence-corrected chi connectivity index (χ1v) is 11.4. The Morgan fingerprint density at radius 2 is 1.85 bits per heavy atom. The highest BCUT2D eigenvalue weighted by molar-refractivity contribution is 5.74. The maximum atomic E-state index is 12.1. The zero-order valence-corrected chi connectivity index (χ0v) is 19.9. The molecule has 0 bridgehead atoms. The monoisotopic (exact) mass is 444 g/mol. The van der Waals surface area contributed by atoms with Crippen molar-refractivity contribution >= 4 is 11.7 Å². The summed E-state index contributed by atoms with van der Waals surface area (Å²) in [5.74, 6) is 1.71. The Morgan fingerprint density at radius 1 is 1.06 bits per heavy atom. The van der Waals surface area contributed by atoms with Gasteiger partial charge >= 0.3 is 0 Å². The number of carbonyl (C=O) groups excluding carboxylic acids is 1.